The van der Waals surface area contributed by atoms with E-state index in [9.17, 15) is 31.4 Å². The molecule has 1 unspecified atom stereocenters. The van der Waals surface area contributed by atoms with Gasteiger partial charge in [-0.3, -0.25) is 13.8 Å². The smallest absolute Gasteiger partial charge is 0.280 e. The van der Waals surface area contributed by atoms with Crippen LogP contribution >= 0.6 is 11.3 Å². The summed E-state index contributed by atoms with van der Waals surface area (Å²) >= 11 is 0.752. The lowest BCUT2D eigenvalue weighted by atomic mass is 9.78. The first-order chi connectivity index (χ1) is 18.8. The molecule has 1 aliphatic carbocycles. The molecule has 1 atom stereocenters. The molecule has 2 aliphatic heterocycles. The molecular weight excluding hydrogens is 570 g/mol. The third-order valence-electron chi connectivity index (χ3n) is 7.84. The van der Waals surface area contributed by atoms with Crippen LogP contribution in [0.25, 0.3) is 10.4 Å². The number of nitrogens with zero attached hydrogens (tertiary/aromatic N) is 3. The number of aromatic nitrogens is 2. The molecule has 0 bridgehead atoms. The normalized spacial score (nSPS) is 25.5. The molecule has 4 heterocycles. The quantitative estimate of drug-likeness (QED) is 0.433. The molecule has 2 amide bonds. The Kier molecular flexibility index (Phi) is 7.94. The van der Waals surface area contributed by atoms with Gasteiger partial charge in [0.1, 0.15) is 11.5 Å². The van der Waals surface area contributed by atoms with Crippen LogP contribution in [-0.2, 0) is 10.8 Å². The number of rotatable bonds is 7. The summed E-state index contributed by atoms with van der Waals surface area (Å²) in [7, 11) is -0.934. The largest absolute Gasteiger partial charge is 0.365 e. The standard InChI is InChI=1S/C26H31F4N5O3S2/c1-14-11-26(29,30)13-35(14)24(37)19-20(39-23(33-19)22(36)32-15-4-8-40(38)9-5-15)17-12-31-18(10-16(17)21(27)28)34-25(2)6-3-7-25/h10,12,14-15,21H,3-9,11,13H2,1-2H3,(H,31,34)(H,32,36). The predicted molar refractivity (Wildman–Crippen MR) is 145 cm³/mol. The van der Waals surface area contributed by atoms with Crippen molar-refractivity contribution in [2.45, 2.75) is 82.3 Å². The van der Waals surface area contributed by atoms with Gasteiger partial charge >= 0.3 is 0 Å². The third-order valence-corrected chi connectivity index (χ3v) is 10.3. The Morgan fingerprint density at radius 3 is 2.50 bits per heavy atom. The number of alkyl halides is 4. The number of nitrogens with one attached hydrogen (secondary N) is 2. The maximum absolute atomic E-state index is 14.4. The van der Waals surface area contributed by atoms with Crippen LogP contribution in [0.4, 0.5) is 23.4 Å². The summed E-state index contributed by atoms with van der Waals surface area (Å²) in [6.45, 7) is 2.64. The zero-order chi connectivity index (χ0) is 28.8. The van der Waals surface area contributed by atoms with Gasteiger partial charge in [-0.15, -0.1) is 11.3 Å². The number of anilines is 1. The number of pyridine rings is 1. The Morgan fingerprint density at radius 1 is 1.23 bits per heavy atom. The molecule has 0 aromatic carbocycles. The highest BCUT2D eigenvalue weighted by atomic mass is 32.2. The van der Waals surface area contributed by atoms with Gasteiger partial charge in [0.15, 0.2) is 5.01 Å². The Labute approximate surface area is 235 Å². The highest BCUT2D eigenvalue weighted by molar-refractivity contribution is 7.85. The summed E-state index contributed by atoms with van der Waals surface area (Å²) in [5, 5.41) is 5.87. The minimum atomic E-state index is -3.09. The fourth-order valence-corrected chi connectivity index (χ4v) is 7.69. The van der Waals surface area contributed by atoms with Gasteiger partial charge in [-0.1, -0.05) is 0 Å². The maximum atomic E-state index is 14.4. The second-order valence-electron chi connectivity index (χ2n) is 11.1. The number of halogens is 4. The van der Waals surface area contributed by atoms with Crippen molar-refractivity contribution in [3.8, 4) is 10.4 Å². The summed E-state index contributed by atoms with van der Waals surface area (Å²) in [4.78, 5) is 36.1. The van der Waals surface area contributed by atoms with Crippen molar-refractivity contribution in [3.05, 3.63) is 28.5 Å². The summed E-state index contributed by atoms with van der Waals surface area (Å²) in [6.07, 6.45) is 1.55. The number of carbonyl (C=O) groups is 2. The van der Waals surface area contributed by atoms with Gasteiger partial charge in [-0.05, 0) is 52.0 Å². The van der Waals surface area contributed by atoms with Gasteiger partial charge in [-0.25, -0.2) is 27.5 Å². The van der Waals surface area contributed by atoms with Gasteiger partial charge in [0, 0.05) is 63.7 Å². The molecule has 2 aromatic heterocycles. The minimum Gasteiger partial charge on any atom is -0.365 e. The van der Waals surface area contributed by atoms with Crippen molar-refractivity contribution in [3.63, 3.8) is 0 Å². The molecule has 1 saturated carbocycles. The average Bonchev–Trinajstić information content (AvgIpc) is 3.44. The molecular formula is C26H31F4N5O3S2. The molecule has 5 rings (SSSR count). The van der Waals surface area contributed by atoms with Crippen LogP contribution in [0.5, 0.6) is 0 Å². The zero-order valence-electron chi connectivity index (χ0n) is 22.1. The van der Waals surface area contributed by atoms with E-state index >= 15 is 0 Å². The number of hydrogen-bond donors (Lipinski definition) is 2. The number of carbonyl (C=O) groups excluding carboxylic acids is 2. The second-order valence-corrected chi connectivity index (χ2v) is 13.8. The van der Waals surface area contributed by atoms with Crippen molar-refractivity contribution in [1.29, 1.82) is 0 Å². The van der Waals surface area contributed by atoms with Gasteiger partial charge in [0.25, 0.3) is 24.2 Å². The highest BCUT2D eigenvalue weighted by Crippen LogP contribution is 2.41. The van der Waals surface area contributed by atoms with Crippen LogP contribution in [0.15, 0.2) is 12.3 Å². The lowest BCUT2D eigenvalue weighted by molar-refractivity contribution is 0.0118. The molecule has 8 nitrogen and oxygen atoms in total. The number of hydrogen-bond acceptors (Lipinski definition) is 7. The first-order valence-electron chi connectivity index (χ1n) is 13.3. The van der Waals surface area contributed by atoms with E-state index in [-0.39, 0.29) is 38.5 Å². The van der Waals surface area contributed by atoms with E-state index in [0.29, 0.717) is 24.3 Å². The molecule has 2 N–H and O–H groups in total. The van der Waals surface area contributed by atoms with Gasteiger partial charge < -0.3 is 15.5 Å². The minimum absolute atomic E-state index is 0.0217. The van der Waals surface area contributed by atoms with Crippen LogP contribution in [0.3, 0.4) is 0 Å². The topological polar surface area (TPSA) is 104 Å². The lowest BCUT2D eigenvalue weighted by Gasteiger charge is -2.39. The molecule has 0 spiro atoms. The van der Waals surface area contributed by atoms with Crippen molar-refractivity contribution < 1.29 is 31.4 Å². The van der Waals surface area contributed by atoms with Crippen LogP contribution in [-0.4, -0.2) is 72.5 Å². The van der Waals surface area contributed by atoms with E-state index in [1.165, 1.54) is 19.2 Å². The molecule has 2 saturated heterocycles. The van der Waals surface area contributed by atoms with E-state index in [4.69, 9.17) is 0 Å². The molecule has 40 heavy (non-hydrogen) atoms. The van der Waals surface area contributed by atoms with E-state index in [2.05, 4.69) is 20.6 Å². The van der Waals surface area contributed by atoms with Crippen LogP contribution in [0, 0.1) is 0 Å². The molecule has 14 heteroatoms. The molecule has 3 fully saturated rings. The molecule has 3 aliphatic rings. The summed E-state index contributed by atoms with van der Waals surface area (Å²) in [5.74, 6) is -3.39. The first-order valence-corrected chi connectivity index (χ1v) is 15.6. The Balaban J connectivity index is 1.51. The van der Waals surface area contributed by atoms with E-state index in [1.807, 2.05) is 6.92 Å². The van der Waals surface area contributed by atoms with Crippen molar-refractivity contribution >= 4 is 39.8 Å². The molecule has 0 radical (unpaired) electrons. The molecule has 218 valence electrons. The van der Waals surface area contributed by atoms with Gasteiger partial charge in [-0.2, -0.15) is 0 Å². The highest BCUT2D eigenvalue weighted by Gasteiger charge is 2.46. The maximum Gasteiger partial charge on any atom is 0.280 e. The second kappa shape index (κ2) is 11.0. The van der Waals surface area contributed by atoms with Crippen molar-refractivity contribution in [1.82, 2.24) is 20.2 Å². The van der Waals surface area contributed by atoms with Crippen LogP contribution in [0.2, 0.25) is 0 Å². The summed E-state index contributed by atoms with van der Waals surface area (Å²) in [6, 6.07) is 0.178. The fraction of sp³-hybridized carbons (Fsp3) is 0.615. The SMILES string of the molecule is CC1CC(F)(F)CN1C(=O)c1nc(C(=O)NC2CCS(=O)CC2)sc1-c1cnc(NC2(C)CCC2)cc1C(F)F. The summed E-state index contributed by atoms with van der Waals surface area (Å²) in [5.41, 5.74) is -1.06. The van der Waals surface area contributed by atoms with Crippen LogP contribution in [0.1, 0.15) is 84.7 Å². The van der Waals surface area contributed by atoms with E-state index < -0.39 is 59.5 Å². The lowest BCUT2D eigenvalue weighted by Crippen LogP contribution is -2.41. The van der Waals surface area contributed by atoms with Gasteiger partial charge in [0.2, 0.25) is 0 Å². The first kappa shape index (κ1) is 28.9. The average molecular weight is 602 g/mol. The number of likely N-dealkylation sites (tertiary alicyclic amines) is 1. The zero-order valence-corrected chi connectivity index (χ0v) is 23.8. The third kappa shape index (κ3) is 6.02. The number of thiazole rings is 1. The van der Waals surface area contributed by atoms with E-state index in [0.717, 1.165) is 35.5 Å². The van der Waals surface area contributed by atoms with Crippen molar-refractivity contribution in [2.75, 3.05) is 23.4 Å². The van der Waals surface area contributed by atoms with E-state index in [1.54, 1.807) is 0 Å². The Morgan fingerprint density at radius 2 is 1.93 bits per heavy atom. The van der Waals surface area contributed by atoms with Crippen LogP contribution < -0.4 is 10.6 Å². The fourth-order valence-electron chi connectivity index (χ4n) is 5.40. The van der Waals surface area contributed by atoms with Gasteiger partial charge in [0.05, 0.1) is 11.4 Å². The summed E-state index contributed by atoms with van der Waals surface area (Å²) < 4.78 is 68.7. The molecule has 2 aromatic rings. The Hall–Kier alpha value is -2.61. The monoisotopic (exact) mass is 601 g/mol. The van der Waals surface area contributed by atoms with Crippen molar-refractivity contribution in [2.24, 2.45) is 0 Å². The predicted octanol–water partition coefficient (Wildman–Crippen LogP) is 5.01. The number of amides is 2. The Bertz CT molecular complexity index is 1320.